The first kappa shape index (κ1) is 16.1. The topological polar surface area (TPSA) is 73.3 Å². The summed E-state index contributed by atoms with van der Waals surface area (Å²) in [7, 11) is -3.74. The summed E-state index contributed by atoms with van der Waals surface area (Å²) in [6, 6.07) is 15.1. The van der Waals surface area contributed by atoms with E-state index in [4.69, 9.17) is 4.74 Å². The van der Waals surface area contributed by atoms with Gasteiger partial charge in [0.15, 0.2) is 21.3 Å². The highest BCUT2D eigenvalue weighted by Gasteiger charge is 2.21. The number of esters is 1. The van der Waals surface area contributed by atoms with Gasteiger partial charge in [0.1, 0.15) is 5.52 Å². The lowest BCUT2D eigenvalue weighted by molar-refractivity contribution is -0.131. The highest BCUT2D eigenvalue weighted by molar-refractivity contribution is 7.92. The van der Waals surface area contributed by atoms with E-state index >= 15 is 0 Å². The fraction of sp³-hybridized carbons (Fsp3) is 0.111. The van der Waals surface area contributed by atoms with Crippen LogP contribution in [0.3, 0.4) is 0 Å². The Kier molecular flexibility index (Phi) is 4.31. The van der Waals surface area contributed by atoms with Gasteiger partial charge in [-0.1, -0.05) is 35.9 Å². The molecule has 24 heavy (non-hydrogen) atoms. The number of hydrogen-bond acceptors (Lipinski definition) is 5. The van der Waals surface area contributed by atoms with Crippen molar-refractivity contribution < 1.29 is 17.9 Å². The lowest BCUT2D eigenvalue weighted by Crippen LogP contribution is -2.21. The zero-order chi connectivity index (χ0) is 17.2. The van der Waals surface area contributed by atoms with Gasteiger partial charge < -0.3 is 4.74 Å². The Morgan fingerprint density at radius 3 is 2.50 bits per heavy atom. The minimum absolute atomic E-state index is 0.0982. The van der Waals surface area contributed by atoms with E-state index in [1.807, 2.05) is 19.1 Å². The Morgan fingerprint density at radius 1 is 1.04 bits per heavy atom. The number of sulfone groups is 1. The molecule has 0 bridgehead atoms. The molecule has 0 unspecified atom stereocenters. The van der Waals surface area contributed by atoms with Crippen LogP contribution in [0.4, 0.5) is 0 Å². The van der Waals surface area contributed by atoms with Gasteiger partial charge in [-0.25, -0.2) is 8.42 Å². The lowest BCUT2D eigenvalue weighted by Gasteiger charge is -2.08. The van der Waals surface area contributed by atoms with Gasteiger partial charge in [-0.2, -0.15) is 0 Å². The number of hydrogen-bond donors (Lipinski definition) is 0. The number of para-hydroxylation sites is 1. The molecule has 0 fully saturated rings. The highest BCUT2D eigenvalue weighted by atomic mass is 32.2. The Balaban J connectivity index is 1.81. The molecule has 0 atom stereocenters. The third kappa shape index (κ3) is 3.44. The molecular formula is C18H15NO4S. The van der Waals surface area contributed by atoms with E-state index in [0.29, 0.717) is 5.52 Å². The molecule has 1 heterocycles. The molecule has 0 saturated carbocycles. The molecule has 5 nitrogen and oxygen atoms in total. The number of carbonyl (C=O) groups is 1. The molecule has 0 radical (unpaired) electrons. The SMILES string of the molecule is Cc1ccc(S(=O)(=O)CC(=O)Oc2cccc3cccnc23)cc1. The van der Waals surface area contributed by atoms with Crippen LogP contribution >= 0.6 is 0 Å². The third-order valence-electron chi connectivity index (χ3n) is 3.51. The number of carbonyl (C=O) groups excluding carboxylic acids is 1. The molecule has 0 N–H and O–H groups in total. The van der Waals surface area contributed by atoms with Crippen molar-refractivity contribution in [2.45, 2.75) is 11.8 Å². The van der Waals surface area contributed by atoms with Gasteiger partial charge >= 0.3 is 5.97 Å². The second-order valence-corrected chi connectivity index (χ2v) is 7.37. The number of ether oxygens (including phenoxy) is 1. The van der Waals surface area contributed by atoms with Crippen molar-refractivity contribution in [2.75, 3.05) is 5.75 Å². The Morgan fingerprint density at radius 2 is 1.75 bits per heavy atom. The van der Waals surface area contributed by atoms with Crippen LogP contribution < -0.4 is 4.74 Å². The molecule has 6 heteroatoms. The van der Waals surface area contributed by atoms with Gasteiger partial charge in [0.05, 0.1) is 4.90 Å². The molecule has 0 aliphatic rings. The zero-order valence-electron chi connectivity index (χ0n) is 13.0. The lowest BCUT2D eigenvalue weighted by atomic mass is 10.2. The van der Waals surface area contributed by atoms with E-state index in [1.54, 1.807) is 36.5 Å². The first-order chi connectivity index (χ1) is 11.5. The van der Waals surface area contributed by atoms with E-state index in [1.165, 1.54) is 12.1 Å². The highest BCUT2D eigenvalue weighted by Crippen LogP contribution is 2.23. The quantitative estimate of drug-likeness (QED) is 0.539. The molecule has 0 aliphatic heterocycles. The summed E-state index contributed by atoms with van der Waals surface area (Å²) in [4.78, 5) is 16.4. The summed E-state index contributed by atoms with van der Waals surface area (Å²) in [5.74, 6) is -1.31. The van der Waals surface area contributed by atoms with Crippen molar-refractivity contribution in [2.24, 2.45) is 0 Å². The standard InChI is InChI=1S/C18H15NO4S/c1-13-7-9-15(10-8-13)24(21,22)12-17(20)23-16-6-2-4-14-5-3-11-19-18(14)16/h2-11H,12H2,1H3. The Labute approximate surface area is 139 Å². The average Bonchev–Trinajstić information content (AvgIpc) is 2.55. The number of benzene rings is 2. The molecular weight excluding hydrogens is 326 g/mol. The molecule has 0 aliphatic carbocycles. The normalized spacial score (nSPS) is 11.4. The molecule has 122 valence electrons. The predicted molar refractivity (Wildman–Crippen MR) is 90.6 cm³/mol. The molecule has 2 aromatic carbocycles. The van der Waals surface area contributed by atoms with Gasteiger partial charge in [0, 0.05) is 11.6 Å². The maximum Gasteiger partial charge on any atom is 0.327 e. The molecule has 3 aromatic rings. The summed E-state index contributed by atoms with van der Waals surface area (Å²) in [5, 5.41) is 0.809. The van der Waals surface area contributed by atoms with Crippen molar-refractivity contribution >= 4 is 26.7 Å². The van der Waals surface area contributed by atoms with Crippen LogP contribution in [0.1, 0.15) is 5.56 Å². The summed E-state index contributed by atoms with van der Waals surface area (Å²) >= 11 is 0. The number of aromatic nitrogens is 1. The van der Waals surface area contributed by atoms with Crippen molar-refractivity contribution in [3.63, 3.8) is 0 Å². The van der Waals surface area contributed by atoms with Crippen molar-refractivity contribution in [3.05, 3.63) is 66.4 Å². The third-order valence-corrected chi connectivity index (χ3v) is 5.11. The number of nitrogens with zero attached hydrogens (tertiary/aromatic N) is 1. The van der Waals surface area contributed by atoms with Crippen LogP contribution in [0.5, 0.6) is 5.75 Å². The summed E-state index contributed by atoms with van der Waals surface area (Å²) in [6.45, 7) is 1.86. The molecule has 1 aromatic heterocycles. The van der Waals surface area contributed by atoms with E-state index in [9.17, 15) is 13.2 Å². The van der Waals surface area contributed by atoms with E-state index in [0.717, 1.165) is 10.9 Å². The van der Waals surface area contributed by atoms with Crippen LogP contribution in [-0.4, -0.2) is 25.1 Å². The van der Waals surface area contributed by atoms with Crippen molar-refractivity contribution in [3.8, 4) is 5.75 Å². The van der Waals surface area contributed by atoms with Gasteiger partial charge in [0.2, 0.25) is 0 Å². The van der Waals surface area contributed by atoms with Crippen LogP contribution in [0.15, 0.2) is 65.7 Å². The van der Waals surface area contributed by atoms with Crippen LogP contribution in [0.25, 0.3) is 10.9 Å². The Bertz CT molecular complexity index is 990. The first-order valence-electron chi connectivity index (χ1n) is 7.29. The van der Waals surface area contributed by atoms with Gasteiger partial charge in [0.25, 0.3) is 0 Å². The largest absolute Gasteiger partial charge is 0.423 e. The van der Waals surface area contributed by atoms with Crippen LogP contribution in [0.2, 0.25) is 0 Å². The summed E-state index contributed by atoms with van der Waals surface area (Å²) in [6.07, 6.45) is 1.59. The Hall–Kier alpha value is -2.73. The predicted octanol–water partition coefficient (Wildman–Crippen LogP) is 2.92. The number of pyridine rings is 1. The van der Waals surface area contributed by atoms with E-state index < -0.39 is 21.6 Å². The summed E-state index contributed by atoms with van der Waals surface area (Å²) in [5.41, 5.74) is 1.46. The minimum Gasteiger partial charge on any atom is -0.423 e. The van der Waals surface area contributed by atoms with Crippen molar-refractivity contribution in [1.29, 1.82) is 0 Å². The zero-order valence-corrected chi connectivity index (χ0v) is 13.8. The monoisotopic (exact) mass is 341 g/mol. The molecule has 0 spiro atoms. The second kappa shape index (κ2) is 6.41. The first-order valence-corrected chi connectivity index (χ1v) is 8.95. The minimum atomic E-state index is -3.74. The van der Waals surface area contributed by atoms with Crippen molar-refractivity contribution in [1.82, 2.24) is 4.98 Å². The molecule has 0 saturated heterocycles. The molecule has 0 amide bonds. The van der Waals surface area contributed by atoms with E-state index in [-0.39, 0.29) is 10.6 Å². The van der Waals surface area contributed by atoms with Gasteiger partial charge in [-0.05, 0) is 31.2 Å². The number of aryl methyl sites for hydroxylation is 1. The van der Waals surface area contributed by atoms with Gasteiger partial charge in [-0.15, -0.1) is 0 Å². The number of rotatable bonds is 4. The average molecular weight is 341 g/mol. The fourth-order valence-corrected chi connectivity index (χ4v) is 3.38. The number of fused-ring (bicyclic) bond motifs is 1. The second-order valence-electron chi connectivity index (χ2n) is 5.38. The molecule has 3 rings (SSSR count). The maximum absolute atomic E-state index is 12.3. The van der Waals surface area contributed by atoms with Crippen LogP contribution in [0, 0.1) is 6.92 Å². The van der Waals surface area contributed by atoms with Crippen LogP contribution in [-0.2, 0) is 14.6 Å². The smallest absolute Gasteiger partial charge is 0.327 e. The van der Waals surface area contributed by atoms with Gasteiger partial charge in [-0.3, -0.25) is 9.78 Å². The maximum atomic E-state index is 12.3. The van der Waals surface area contributed by atoms with E-state index in [2.05, 4.69) is 4.98 Å². The fourth-order valence-electron chi connectivity index (χ4n) is 2.29. The summed E-state index contributed by atoms with van der Waals surface area (Å²) < 4.78 is 29.8.